The monoisotopic (exact) mass is 439 g/mol. The van der Waals surface area contributed by atoms with Crippen molar-refractivity contribution in [1.29, 1.82) is 0 Å². The van der Waals surface area contributed by atoms with Crippen LogP contribution in [0.4, 0.5) is 5.69 Å². The van der Waals surface area contributed by atoms with E-state index in [2.05, 4.69) is 0 Å². The van der Waals surface area contributed by atoms with Crippen molar-refractivity contribution in [3.63, 3.8) is 0 Å². The molecular formula is C23H21NO6S. The first kappa shape index (κ1) is 21.0. The lowest BCUT2D eigenvalue weighted by atomic mass is 10.1. The summed E-state index contributed by atoms with van der Waals surface area (Å²) >= 11 is 1.59. The van der Waals surface area contributed by atoms with E-state index in [9.17, 15) is 14.4 Å². The lowest BCUT2D eigenvalue weighted by Gasteiger charge is -2.17. The molecule has 1 aliphatic rings. The number of hydrogen-bond donors (Lipinski definition) is 0. The highest BCUT2D eigenvalue weighted by Gasteiger charge is 2.36. The van der Waals surface area contributed by atoms with Crippen LogP contribution >= 0.6 is 11.8 Å². The maximum Gasteiger partial charge on any atom is 0.336 e. The number of benzene rings is 2. The van der Waals surface area contributed by atoms with Gasteiger partial charge in [0, 0.05) is 46.6 Å². The zero-order chi connectivity index (χ0) is 22.0. The number of anilines is 1. The highest BCUT2D eigenvalue weighted by atomic mass is 32.2. The van der Waals surface area contributed by atoms with Crippen molar-refractivity contribution in [2.24, 2.45) is 5.92 Å². The third kappa shape index (κ3) is 4.44. The summed E-state index contributed by atoms with van der Waals surface area (Å²) in [6, 6.07) is 14.1. The van der Waals surface area contributed by atoms with Crippen molar-refractivity contribution in [3.05, 3.63) is 64.5 Å². The molecule has 1 amide bonds. The van der Waals surface area contributed by atoms with Crippen LogP contribution in [0.25, 0.3) is 11.0 Å². The van der Waals surface area contributed by atoms with Gasteiger partial charge in [0.1, 0.15) is 17.9 Å². The number of carbonyl (C=O) groups is 2. The summed E-state index contributed by atoms with van der Waals surface area (Å²) in [5.41, 5.74) is 1.13. The molecule has 0 bridgehead atoms. The van der Waals surface area contributed by atoms with Gasteiger partial charge in [-0.3, -0.25) is 9.59 Å². The Balaban J connectivity index is 1.47. The van der Waals surface area contributed by atoms with E-state index in [0.717, 1.165) is 10.6 Å². The lowest BCUT2D eigenvalue weighted by Crippen LogP contribution is -2.26. The molecule has 2 heterocycles. The fourth-order valence-electron chi connectivity index (χ4n) is 3.62. The molecule has 2 aromatic carbocycles. The molecule has 3 aromatic rings. The smallest absolute Gasteiger partial charge is 0.336 e. The van der Waals surface area contributed by atoms with E-state index in [-0.39, 0.29) is 25.5 Å². The average molecular weight is 439 g/mol. The van der Waals surface area contributed by atoms with Crippen LogP contribution in [-0.2, 0) is 20.9 Å². The van der Waals surface area contributed by atoms with Gasteiger partial charge in [0.15, 0.2) is 0 Å². The topological polar surface area (TPSA) is 86.0 Å². The number of thioether (sulfide) groups is 1. The molecular weight excluding hydrogens is 418 g/mol. The van der Waals surface area contributed by atoms with Gasteiger partial charge in [0.2, 0.25) is 5.91 Å². The minimum absolute atomic E-state index is 0.0834. The highest BCUT2D eigenvalue weighted by Crippen LogP contribution is 2.29. The van der Waals surface area contributed by atoms with Crippen molar-refractivity contribution in [2.45, 2.75) is 17.9 Å². The number of hydrogen-bond acceptors (Lipinski definition) is 7. The Hall–Kier alpha value is -3.26. The van der Waals surface area contributed by atoms with Gasteiger partial charge < -0.3 is 18.8 Å². The summed E-state index contributed by atoms with van der Waals surface area (Å²) < 4.78 is 15.8. The predicted octanol–water partition coefficient (Wildman–Crippen LogP) is 3.62. The van der Waals surface area contributed by atoms with Crippen LogP contribution in [-0.4, -0.2) is 31.8 Å². The van der Waals surface area contributed by atoms with Crippen LogP contribution in [0.2, 0.25) is 0 Å². The molecule has 0 N–H and O–H groups in total. The number of nitrogens with zero attached hydrogens (tertiary/aromatic N) is 1. The lowest BCUT2D eigenvalue weighted by molar-refractivity contribution is -0.149. The summed E-state index contributed by atoms with van der Waals surface area (Å²) in [5, 5.41) is 0.659. The Morgan fingerprint density at radius 2 is 2.03 bits per heavy atom. The van der Waals surface area contributed by atoms with Crippen LogP contribution < -0.4 is 15.3 Å². The summed E-state index contributed by atoms with van der Waals surface area (Å²) in [7, 11) is 1.52. The molecule has 0 radical (unpaired) electrons. The SMILES string of the molecule is COc1ccc2c(COC(=O)[C@@H]3CC(=O)N(c4cccc(SC)c4)C3)cc(=O)oc2c1. The van der Waals surface area contributed by atoms with Crippen molar-refractivity contribution in [3.8, 4) is 5.75 Å². The predicted molar refractivity (Wildman–Crippen MR) is 118 cm³/mol. The van der Waals surface area contributed by atoms with E-state index in [1.807, 2.05) is 30.5 Å². The van der Waals surface area contributed by atoms with Crippen LogP contribution in [0.15, 0.2) is 62.6 Å². The molecule has 1 saturated heterocycles. The Morgan fingerprint density at radius 3 is 2.81 bits per heavy atom. The van der Waals surface area contributed by atoms with Gasteiger partial charge in [-0.1, -0.05) is 6.07 Å². The molecule has 1 aliphatic heterocycles. The van der Waals surface area contributed by atoms with E-state index in [1.54, 1.807) is 34.9 Å². The second kappa shape index (κ2) is 8.85. The molecule has 8 heteroatoms. The molecule has 1 aromatic heterocycles. The average Bonchev–Trinajstić information content (AvgIpc) is 3.18. The highest BCUT2D eigenvalue weighted by molar-refractivity contribution is 7.98. The quantitative estimate of drug-likeness (QED) is 0.329. The van der Waals surface area contributed by atoms with Gasteiger partial charge in [-0.05, 0) is 36.6 Å². The number of amides is 1. The van der Waals surface area contributed by atoms with Crippen LogP contribution in [0.1, 0.15) is 12.0 Å². The normalized spacial score (nSPS) is 16.0. The maximum atomic E-state index is 12.7. The minimum atomic E-state index is -0.558. The summed E-state index contributed by atoms with van der Waals surface area (Å²) in [4.78, 5) is 39.7. The summed E-state index contributed by atoms with van der Waals surface area (Å²) in [6.07, 6.45) is 2.06. The minimum Gasteiger partial charge on any atom is -0.497 e. The van der Waals surface area contributed by atoms with Crippen molar-refractivity contribution < 1.29 is 23.5 Å². The summed E-state index contributed by atoms with van der Waals surface area (Å²) in [6.45, 7) is 0.185. The zero-order valence-electron chi connectivity index (χ0n) is 17.1. The van der Waals surface area contributed by atoms with E-state index >= 15 is 0 Å². The molecule has 0 unspecified atom stereocenters. The maximum absolute atomic E-state index is 12.7. The molecule has 7 nitrogen and oxygen atoms in total. The second-order valence-electron chi connectivity index (χ2n) is 7.17. The third-order valence-electron chi connectivity index (χ3n) is 5.23. The molecule has 1 fully saturated rings. The fraction of sp³-hybridized carbons (Fsp3) is 0.261. The molecule has 0 aliphatic carbocycles. The number of carbonyl (C=O) groups excluding carboxylic acids is 2. The Morgan fingerprint density at radius 1 is 1.19 bits per heavy atom. The van der Waals surface area contributed by atoms with Crippen LogP contribution in [0.3, 0.4) is 0 Å². The van der Waals surface area contributed by atoms with Gasteiger partial charge >= 0.3 is 11.6 Å². The first-order valence-corrected chi connectivity index (χ1v) is 10.9. The Kier molecular flexibility index (Phi) is 5.99. The Labute approximate surface area is 182 Å². The van der Waals surface area contributed by atoms with Gasteiger partial charge in [0.25, 0.3) is 0 Å². The largest absolute Gasteiger partial charge is 0.497 e. The molecule has 1 atom stereocenters. The number of ether oxygens (including phenoxy) is 2. The first-order chi connectivity index (χ1) is 15.0. The third-order valence-corrected chi connectivity index (χ3v) is 5.96. The van der Waals surface area contributed by atoms with Gasteiger partial charge in [-0.2, -0.15) is 0 Å². The molecule has 0 spiro atoms. The molecule has 31 heavy (non-hydrogen) atoms. The van der Waals surface area contributed by atoms with Crippen molar-refractivity contribution >= 4 is 40.3 Å². The van der Waals surface area contributed by atoms with Crippen LogP contribution in [0.5, 0.6) is 5.75 Å². The van der Waals surface area contributed by atoms with Crippen molar-refractivity contribution in [1.82, 2.24) is 0 Å². The number of fused-ring (bicyclic) bond motifs is 1. The standard InChI is InChI=1S/C23H21NO6S/c1-28-17-6-7-19-15(9-22(26)30-20(19)11-17)13-29-23(27)14-8-21(25)24(12-14)16-4-3-5-18(10-16)31-2/h3-7,9-11,14H,8,12-13H2,1-2H3/t14-/m1/s1. The first-order valence-electron chi connectivity index (χ1n) is 9.70. The fourth-order valence-corrected chi connectivity index (χ4v) is 4.07. The summed E-state index contributed by atoms with van der Waals surface area (Å²) in [5.74, 6) is -0.582. The number of esters is 1. The van der Waals surface area contributed by atoms with E-state index in [0.29, 0.717) is 22.3 Å². The van der Waals surface area contributed by atoms with Crippen molar-refractivity contribution in [2.75, 3.05) is 24.8 Å². The van der Waals surface area contributed by atoms with Gasteiger partial charge in [-0.15, -0.1) is 11.8 Å². The van der Waals surface area contributed by atoms with Gasteiger partial charge in [-0.25, -0.2) is 4.79 Å². The molecule has 4 rings (SSSR count). The van der Waals surface area contributed by atoms with Gasteiger partial charge in [0.05, 0.1) is 13.0 Å². The Bertz CT molecular complexity index is 1200. The molecule has 160 valence electrons. The van der Waals surface area contributed by atoms with E-state index in [4.69, 9.17) is 13.9 Å². The van der Waals surface area contributed by atoms with E-state index < -0.39 is 17.5 Å². The van der Waals surface area contributed by atoms with E-state index in [1.165, 1.54) is 13.2 Å². The zero-order valence-corrected chi connectivity index (χ0v) is 17.9. The second-order valence-corrected chi connectivity index (χ2v) is 8.05. The number of methoxy groups -OCH3 is 1. The van der Waals surface area contributed by atoms with Crippen LogP contribution in [0, 0.1) is 5.92 Å². The number of rotatable bonds is 6. The molecule has 0 saturated carbocycles.